The molecule has 47 heavy (non-hydrogen) atoms. The number of ether oxygens (including phenoxy) is 3. The second kappa shape index (κ2) is 14.6. The van der Waals surface area contributed by atoms with Gasteiger partial charge in [0.05, 0.1) is 47.5 Å². The molecule has 1 saturated heterocycles. The first-order chi connectivity index (χ1) is 22.2. The van der Waals surface area contributed by atoms with E-state index < -0.39 is 40.4 Å². The smallest absolute Gasteiger partial charge is 0.511 e. The van der Waals surface area contributed by atoms with Crippen molar-refractivity contribution in [3.05, 3.63) is 71.1 Å². The van der Waals surface area contributed by atoms with Gasteiger partial charge >= 0.3 is 18.4 Å². The zero-order valence-corrected chi connectivity index (χ0v) is 26.2. The van der Waals surface area contributed by atoms with Gasteiger partial charge in [-0.3, -0.25) is 4.84 Å². The van der Waals surface area contributed by atoms with Crippen molar-refractivity contribution in [2.24, 2.45) is 11.2 Å². The molecule has 0 bridgehead atoms. The average molecular weight is 685 g/mol. The van der Waals surface area contributed by atoms with Crippen LogP contribution in [-0.4, -0.2) is 73.0 Å². The van der Waals surface area contributed by atoms with Gasteiger partial charge in [0, 0.05) is 18.4 Å². The normalized spacial score (nSPS) is 16.0. The molecule has 2 atom stereocenters. The van der Waals surface area contributed by atoms with Crippen molar-refractivity contribution in [2.75, 3.05) is 26.3 Å². The molecule has 4 rings (SSSR count). The second-order valence-corrected chi connectivity index (χ2v) is 11.9. The predicted molar refractivity (Wildman–Crippen MR) is 155 cm³/mol. The molecule has 1 amide bonds. The third-order valence-corrected chi connectivity index (χ3v) is 8.03. The quantitative estimate of drug-likeness (QED) is 0.0952. The summed E-state index contributed by atoms with van der Waals surface area (Å²) in [5, 5.41) is 20.4. The van der Waals surface area contributed by atoms with Crippen molar-refractivity contribution in [3.63, 3.8) is 0 Å². The highest BCUT2D eigenvalue weighted by Crippen LogP contribution is 2.33. The highest BCUT2D eigenvalue weighted by Gasteiger charge is 2.35. The molecule has 2 unspecified atom stereocenters. The van der Waals surface area contributed by atoms with E-state index in [1.165, 1.54) is 24.1 Å². The van der Waals surface area contributed by atoms with Crippen LogP contribution in [0, 0.1) is 18.0 Å². The first-order valence-electron chi connectivity index (χ1n) is 14.1. The third kappa shape index (κ3) is 9.24. The molecule has 0 aliphatic carbocycles. The summed E-state index contributed by atoms with van der Waals surface area (Å²) in [6.07, 6.45) is -7.77. The fourth-order valence-corrected chi connectivity index (χ4v) is 5.27. The summed E-state index contributed by atoms with van der Waals surface area (Å²) in [5.74, 6) is -0.346. The van der Waals surface area contributed by atoms with Gasteiger partial charge in [0.1, 0.15) is 0 Å². The number of carbonyl (C=O) groups is 2. The summed E-state index contributed by atoms with van der Waals surface area (Å²) in [7, 11) is -4.42. The van der Waals surface area contributed by atoms with Crippen molar-refractivity contribution in [1.82, 2.24) is 19.5 Å². The number of rotatable bonds is 11. The van der Waals surface area contributed by atoms with Crippen LogP contribution in [0.15, 0.2) is 64.8 Å². The van der Waals surface area contributed by atoms with Gasteiger partial charge in [-0.15, -0.1) is 5.01 Å². The molecule has 0 radical (unpaired) electrons. The number of hydrogen-bond donors (Lipinski definition) is 1. The molecule has 2 heterocycles. The summed E-state index contributed by atoms with van der Waals surface area (Å²) in [6, 6.07) is 12.4. The standard InChI is InChI=1S/C28H31F3N6O9S/c1-4-43-27(39)45-19(3)46-34-37(40)35-14-13-20(16-35)17-44-26(38)33-47(41,42)23-11-9-22(10-12-23)36-24(15-25(32-36)28(29,30)31)21-7-5-18(2)6-8-21/h5-12,15,19-20H,4,13-14,16-17H2,1-3H3,(H,33,38). The predicted octanol–water partition coefficient (Wildman–Crippen LogP) is 4.93. The zero-order valence-electron chi connectivity index (χ0n) is 25.3. The van der Waals surface area contributed by atoms with Crippen LogP contribution in [0.5, 0.6) is 0 Å². The number of sulfonamides is 1. The lowest BCUT2D eigenvalue weighted by molar-refractivity contribution is -0.710. The van der Waals surface area contributed by atoms with Crippen molar-refractivity contribution in [1.29, 1.82) is 0 Å². The molecular formula is C28H31F3N6O9S. The summed E-state index contributed by atoms with van der Waals surface area (Å²) in [5.41, 5.74) is 0.530. The molecule has 1 aliphatic rings. The highest BCUT2D eigenvalue weighted by atomic mass is 32.2. The van der Waals surface area contributed by atoms with E-state index in [1.54, 1.807) is 35.9 Å². The van der Waals surface area contributed by atoms with Crippen LogP contribution in [0.3, 0.4) is 0 Å². The highest BCUT2D eigenvalue weighted by molar-refractivity contribution is 7.90. The van der Waals surface area contributed by atoms with Crippen LogP contribution < -0.4 is 4.72 Å². The Labute approximate surface area is 267 Å². The number of amides is 1. The van der Waals surface area contributed by atoms with Crippen LogP contribution in [-0.2, 0) is 35.2 Å². The lowest BCUT2D eigenvalue weighted by atomic mass is 10.1. The number of aryl methyl sites for hydroxylation is 1. The lowest BCUT2D eigenvalue weighted by Crippen LogP contribution is -2.33. The number of aromatic nitrogens is 2. The van der Waals surface area contributed by atoms with Gasteiger partial charge in [0.25, 0.3) is 16.3 Å². The molecule has 254 valence electrons. The number of hydrazine groups is 1. The van der Waals surface area contributed by atoms with Crippen LogP contribution in [0.1, 0.15) is 31.5 Å². The molecule has 19 heteroatoms. The van der Waals surface area contributed by atoms with Crippen LogP contribution in [0.2, 0.25) is 0 Å². The van der Waals surface area contributed by atoms with Crippen molar-refractivity contribution in [3.8, 4) is 16.9 Å². The number of alkyl halides is 3. The van der Waals surface area contributed by atoms with E-state index in [0.717, 1.165) is 28.4 Å². The number of halogens is 3. The van der Waals surface area contributed by atoms with Crippen molar-refractivity contribution >= 4 is 22.3 Å². The second-order valence-electron chi connectivity index (χ2n) is 10.3. The molecule has 2 aromatic carbocycles. The Balaban J connectivity index is 1.33. The van der Waals surface area contributed by atoms with E-state index in [4.69, 9.17) is 14.3 Å². The van der Waals surface area contributed by atoms with E-state index in [9.17, 15) is 36.4 Å². The molecular weight excluding hydrogens is 653 g/mol. The maximum absolute atomic E-state index is 13.5. The zero-order chi connectivity index (χ0) is 34.4. The van der Waals surface area contributed by atoms with Crippen molar-refractivity contribution in [2.45, 2.75) is 44.6 Å². The Bertz CT molecular complexity index is 1700. The van der Waals surface area contributed by atoms with Gasteiger partial charge in [-0.1, -0.05) is 29.8 Å². The Morgan fingerprint density at radius 2 is 1.83 bits per heavy atom. The average Bonchev–Trinajstić information content (AvgIpc) is 3.68. The number of nitrogens with one attached hydrogen (secondary N) is 1. The molecule has 0 spiro atoms. The molecule has 1 fully saturated rings. The lowest BCUT2D eigenvalue weighted by Gasteiger charge is -2.14. The minimum Gasteiger partial charge on any atom is -0.569 e. The van der Waals surface area contributed by atoms with E-state index >= 15 is 0 Å². The molecule has 3 aromatic rings. The van der Waals surface area contributed by atoms with Crippen molar-refractivity contribution < 1.29 is 55.2 Å². The van der Waals surface area contributed by atoms with Gasteiger partial charge in [0.15, 0.2) is 5.69 Å². The Hall–Kier alpha value is -5.07. The number of nitrogens with zero attached hydrogens (tertiary/aromatic N) is 5. The minimum absolute atomic E-state index is 0.0884. The van der Waals surface area contributed by atoms with Gasteiger partial charge in [-0.25, -0.2) is 27.4 Å². The maximum Gasteiger partial charge on any atom is 0.511 e. The molecule has 1 aromatic heterocycles. The molecule has 1 aliphatic heterocycles. The largest absolute Gasteiger partial charge is 0.569 e. The molecule has 15 nitrogen and oxygen atoms in total. The number of benzene rings is 2. The number of hydrogen-bond acceptors (Lipinski definition) is 11. The summed E-state index contributed by atoms with van der Waals surface area (Å²) < 4.78 is 83.3. The number of carbonyl (C=O) groups excluding carboxylic acids is 2. The van der Waals surface area contributed by atoms with Gasteiger partial charge < -0.3 is 19.4 Å². The van der Waals surface area contributed by atoms with Crippen LogP contribution in [0.4, 0.5) is 22.8 Å². The SMILES string of the molecule is CCOC(=O)OC(C)ON=[N+]([O-])N1CCC(COC(=O)NS(=O)(=O)c2ccc(-n3nc(C(F)(F)F)cc3-c3ccc(C)cc3)cc2)C1. The van der Waals surface area contributed by atoms with E-state index in [2.05, 4.69) is 15.1 Å². The fraction of sp³-hybridized carbons (Fsp3) is 0.393. The Morgan fingerprint density at radius 3 is 2.47 bits per heavy atom. The van der Waals surface area contributed by atoms with E-state index in [0.29, 0.717) is 12.0 Å². The molecule has 1 N–H and O–H groups in total. The minimum atomic E-state index is -4.71. The van der Waals surface area contributed by atoms with Gasteiger partial charge in [-0.05, 0) is 50.6 Å². The Morgan fingerprint density at radius 1 is 1.15 bits per heavy atom. The van der Waals surface area contributed by atoms with E-state index in [1.807, 2.05) is 6.92 Å². The fourth-order valence-electron chi connectivity index (χ4n) is 4.38. The monoisotopic (exact) mass is 684 g/mol. The first kappa shape index (κ1) is 34.8. The molecule has 0 saturated carbocycles. The first-order valence-corrected chi connectivity index (χ1v) is 15.6. The van der Waals surface area contributed by atoms with Gasteiger partial charge in [0.2, 0.25) is 5.28 Å². The summed E-state index contributed by atoms with van der Waals surface area (Å²) >= 11 is 0. The summed E-state index contributed by atoms with van der Waals surface area (Å²) in [6.45, 7) is 4.92. The summed E-state index contributed by atoms with van der Waals surface area (Å²) in [4.78, 5) is 28.2. The van der Waals surface area contributed by atoms with Crippen LogP contribution >= 0.6 is 0 Å². The third-order valence-electron chi connectivity index (χ3n) is 6.70. The Kier molecular flexibility index (Phi) is 10.8. The topological polar surface area (TPSA) is 177 Å². The van der Waals surface area contributed by atoms with E-state index in [-0.39, 0.29) is 53.5 Å². The van der Waals surface area contributed by atoms with Gasteiger partial charge in [-0.2, -0.15) is 18.3 Å². The maximum atomic E-state index is 13.5. The van der Waals surface area contributed by atoms with Crippen LogP contribution in [0.25, 0.3) is 16.9 Å².